The molecule has 0 spiro atoms. The van der Waals surface area contributed by atoms with E-state index in [-0.39, 0.29) is 24.5 Å². The summed E-state index contributed by atoms with van der Waals surface area (Å²) in [5.74, 6) is 0. The molecule has 0 radical (unpaired) electrons. The first kappa shape index (κ1) is 27.3. The van der Waals surface area contributed by atoms with Crippen LogP contribution in [0.4, 0.5) is 4.79 Å². The van der Waals surface area contributed by atoms with Crippen LogP contribution in [-0.2, 0) is 9.59 Å². The van der Waals surface area contributed by atoms with Crippen LogP contribution in [0.2, 0.25) is 0 Å². The highest BCUT2D eigenvalue weighted by atomic mass is 16.3. The van der Waals surface area contributed by atoms with Crippen molar-refractivity contribution in [1.82, 2.24) is 20.0 Å². The first-order chi connectivity index (χ1) is 16.6. The van der Waals surface area contributed by atoms with E-state index in [0.717, 1.165) is 52.1 Å². The average Bonchev–Trinajstić information content (AvgIpc) is 3.60. The first-order valence-corrected chi connectivity index (χ1v) is 11.9. The standard InChI is InChI=1S/C23H34N4O.2CH2O2/c28-22(24-23(11-12-23)20-26-13-5-2-6-14-26)27-18-16-25(17-19-27)15-7-10-21-8-3-1-4-9-21;2*2-1-3/h1,3-4,7-10H,2,5-6,11-20H2,(H,24,28);2*1H,(H,2,3)/b10-7+;;. The molecule has 3 N–H and O–H groups in total. The second kappa shape index (κ2) is 15.1. The van der Waals surface area contributed by atoms with E-state index in [0.29, 0.717) is 0 Å². The molecule has 9 heteroatoms. The van der Waals surface area contributed by atoms with Crippen molar-refractivity contribution in [3.8, 4) is 0 Å². The lowest BCUT2D eigenvalue weighted by Crippen LogP contribution is -2.56. The van der Waals surface area contributed by atoms with Gasteiger partial charge in [0, 0.05) is 39.3 Å². The van der Waals surface area contributed by atoms with Gasteiger partial charge in [-0.25, -0.2) is 4.79 Å². The molecular weight excluding hydrogens is 436 g/mol. The summed E-state index contributed by atoms with van der Waals surface area (Å²) in [5.41, 5.74) is 1.30. The third-order valence-electron chi connectivity index (χ3n) is 6.33. The van der Waals surface area contributed by atoms with Gasteiger partial charge in [0.2, 0.25) is 0 Å². The van der Waals surface area contributed by atoms with Crippen LogP contribution in [0, 0.1) is 0 Å². The normalized spacial score (nSPS) is 19.7. The number of carbonyl (C=O) groups excluding carboxylic acids is 1. The molecule has 2 saturated heterocycles. The van der Waals surface area contributed by atoms with Crippen molar-refractivity contribution in [2.45, 2.75) is 37.6 Å². The number of likely N-dealkylation sites (tertiary alicyclic amines) is 1. The van der Waals surface area contributed by atoms with Gasteiger partial charge in [-0.2, -0.15) is 0 Å². The van der Waals surface area contributed by atoms with Gasteiger partial charge >= 0.3 is 6.03 Å². The first-order valence-electron chi connectivity index (χ1n) is 11.9. The molecule has 1 saturated carbocycles. The zero-order valence-corrected chi connectivity index (χ0v) is 19.8. The van der Waals surface area contributed by atoms with Crippen molar-refractivity contribution in [3.05, 3.63) is 42.0 Å². The van der Waals surface area contributed by atoms with Crippen molar-refractivity contribution in [2.24, 2.45) is 0 Å². The number of piperidine rings is 1. The molecule has 2 heterocycles. The Labute approximate surface area is 202 Å². The fourth-order valence-electron chi connectivity index (χ4n) is 4.36. The Morgan fingerprint density at radius 1 is 0.882 bits per heavy atom. The number of nitrogens with zero attached hydrogens (tertiary/aromatic N) is 3. The molecule has 4 rings (SSSR count). The maximum Gasteiger partial charge on any atom is 0.317 e. The summed E-state index contributed by atoms with van der Waals surface area (Å²) in [4.78, 5) is 36.5. The fraction of sp³-hybridized carbons (Fsp3) is 0.560. The molecule has 0 bridgehead atoms. The summed E-state index contributed by atoms with van der Waals surface area (Å²) in [5, 5.41) is 17.2. The minimum Gasteiger partial charge on any atom is -0.483 e. The molecule has 2 aliphatic heterocycles. The molecule has 3 aliphatic rings. The number of amides is 2. The number of benzene rings is 1. The fourth-order valence-corrected chi connectivity index (χ4v) is 4.36. The molecule has 188 valence electrons. The minimum absolute atomic E-state index is 0.0595. The van der Waals surface area contributed by atoms with Crippen LogP contribution >= 0.6 is 0 Å². The highest BCUT2D eigenvalue weighted by Crippen LogP contribution is 2.37. The summed E-state index contributed by atoms with van der Waals surface area (Å²) < 4.78 is 0. The summed E-state index contributed by atoms with van der Waals surface area (Å²) in [6.07, 6.45) is 10.7. The second-order valence-electron chi connectivity index (χ2n) is 8.86. The summed E-state index contributed by atoms with van der Waals surface area (Å²) >= 11 is 0. The molecule has 1 aromatic rings. The monoisotopic (exact) mass is 474 g/mol. The average molecular weight is 475 g/mol. The van der Waals surface area contributed by atoms with Gasteiger partial charge in [0.1, 0.15) is 0 Å². The zero-order chi connectivity index (χ0) is 24.7. The lowest BCUT2D eigenvalue weighted by atomic mass is 10.1. The highest BCUT2D eigenvalue weighted by molar-refractivity contribution is 5.75. The number of urea groups is 1. The molecule has 0 aromatic heterocycles. The van der Waals surface area contributed by atoms with E-state index in [2.05, 4.69) is 51.5 Å². The van der Waals surface area contributed by atoms with E-state index >= 15 is 0 Å². The highest BCUT2D eigenvalue weighted by Gasteiger charge is 2.46. The Bertz CT molecular complexity index is 750. The number of hydrogen-bond donors (Lipinski definition) is 3. The third kappa shape index (κ3) is 9.93. The number of carboxylic acid groups (broad SMARTS) is 2. The largest absolute Gasteiger partial charge is 0.483 e. The van der Waals surface area contributed by atoms with E-state index in [1.54, 1.807) is 0 Å². The number of rotatable bonds is 6. The van der Waals surface area contributed by atoms with Gasteiger partial charge in [-0.05, 0) is 44.3 Å². The van der Waals surface area contributed by atoms with E-state index in [4.69, 9.17) is 19.8 Å². The zero-order valence-electron chi connectivity index (χ0n) is 19.8. The molecule has 0 atom stereocenters. The van der Waals surface area contributed by atoms with Gasteiger partial charge in [-0.15, -0.1) is 0 Å². The maximum absolute atomic E-state index is 12.8. The van der Waals surface area contributed by atoms with Crippen LogP contribution < -0.4 is 5.32 Å². The van der Waals surface area contributed by atoms with Gasteiger partial charge in [-0.3, -0.25) is 14.5 Å². The summed E-state index contributed by atoms with van der Waals surface area (Å²) in [6.45, 7) is 7.44. The van der Waals surface area contributed by atoms with Gasteiger partial charge in [0.15, 0.2) is 0 Å². The van der Waals surface area contributed by atoms with Crippen molar-refractivity contribution < 1.29 is 24.6 Å². The van der Waals surface area contributed by atoms with Gasteiger partial charge in [-0.1, -0.05) is 48.9 Å². The smallest absolute Gasteiger partial charge is 0.317 e. The Morgan fingerprint density at radius 2 is 1.47 bits per heavy atom. The van der Waals surface area contributed by atoms with Gasteiger partial charge in [0.05, 0.1) is 5.54 Å². The summed E-state index contributed by atoms with van der Waals surface area (Å²) in [6, 6.07) is 10.6. The molecule has 34 heavy (non-hydrogen) atoms. The number of piperazine rings is 1. The molecule has 9 nitrogen and oxygen atoms in total. The summed E-state index contributed by atoms with van der Waals surface area (Å²) in [7, 11) is 0. The van der Waals surface area contributed by atoms with Crippen LogP contribution in [0.3, 0.4) is 0 Å². The number of nitrogens with one attached hydrogen (secondary N) is 1. The molecule has 1 aromatic carbocycles. The molecular formula is C25H38N4O5. The van der Waals surface area contributed by atoms with E-state index in [1.807, 2.05) is 11.0 Å². The van der Waals surface area contributed by atoms with Crippen LogP contribution in [0.1, 0.15) is 37.7 Å². The predicted octanol–water partition coefficient (Wildman–Crippen LogP) is 2.45. The van der Waals surface area contributed by atoms with E-state index in [9.17, 15) is 4.79 Å². The van der Waals surface area contributed by atoms with Crippen molar-refractivity contribution in [1.29, 1.82) is 0 Å². The van der Waals surface area contributed by atoms with Crippen LogP contribution in [0.25, 0.3) is 6.08 Å². The van der Waals surface area contributed by atoms with Gasteiger partial charge in [0.25, 0.3) is 12.9 Å². The van der Waals surface area contributed by atoms with Crippen molar-refractivity contribution in [2.75, 3.05) is 52.4 Å². The van der Waals surface area contributed by atoms with Crippen molar-refractivity contribution in [3.63, 3.8) is 0 Å². The van der Waals surface area contributed by atoms with Crippen molar-refractivity contribution >= 4 is 25.1 Å². The number of carbonyl (C=O) groups is 3. The quantitative estimate of drug-likeness (QED) is 0.543. The lowest BCUT2D eigenvalue weighted by molar-refractivity contribution is -0.123. The Morgan fingerprint density at radius 3 is 2.03 bits per heavy atom. The molecule has 1 aliphatic carbocycles. The van der Waals surface area contributed by atoms with Crippen LogP contribution in [0.15, 0.2) is 36.4 Å². The minimum atomic E-state index is -0.250. The third-order valence-corrected chi connectivity index (χ3v) is 6.33. The molecule has 0 unspecified atom stereocenters. The second-order valence-corrected chi connectivity index (χ2v) is 8.86. The Kier molecular flexibility index (Phi) is 12.1. The van der Waals surface area contributed by atoms with Crippen LogP contribution in [-0.4, -0.2) is 102 Å². The number of hydrogen-bond acceptors (Lipinski definition) is 5. The maximum atomic E-state index is 12.8. The Balaban J connectivity index is 0.000000618. The van der Waals surface area contributed by atoms with Gasteiger partial charge < -0.3 is 25.3 Å². The predicted molar refractivity (Wildman–Crippen MR) is 132 cm³/mol. The lowest BCUT2D eigenvalue weighted by Gasteiger charge is -2.36. The van der Waals surface area contributed by atoms with E-state index in [1.165, 1.54) is 37.9 Å². The van der Waals surface area contributed by atoms with Crippen LogP contribution in [0.5, 0.6) is 0 Å². The topological polar surface area (TPSA) is 113 Å². The SMILES string of the molecule is O=C(NC1(CN2CCCCC2)CC1)N1CCN(C/C=C/c2ccccc2)CC1.O=CO.O=CO. The molecule has 3 fully saturated rings. The van der Waals surface area contributed by atoms with E-state index < -0.39 is 0 Å². The molecule has 2 amide bonds. The Hall–Kier alpha value is -2.91.